The van der Waals surface area contributed by atoms with Crippen molar-refractivity contribution in [2.75, 3.05) is 13.2 Å². The Bertz CT molecular complexity index is 1240. The van der Waals surface area contributed by atoms with E-state index in [0.29, 0.717) is 6.54 Å². The van der Waals surface area contributed by atoms with E-state index >= 15 is 0 Å². The number of nitrogens with zero attached hydrogens (tertiary/aromatic N) is 3. The number of thioether (sulfide) groups is 1. The zero-order valence-corrected chi connectivity index (χ0v) is 22.5. The number of amides is 1. The predicted octanol–water partition coefficient (Wildman–Crippen LogP) is 6.45. The molecule has 4 aromatic rings. The third-order valence-corrected chi connectivity index (χ3v) is 8.92. The number of likely N-dealkylation sites (tertiary alicyclic amines) is 1. The van der Waals surface area contributed by atoms with Crippen LogP contribution in [0.2, 0.25) is 0 Å². The summed E-state index contributed by atoms with van der Waals surface area (Å²) >= 11 is 1.93. The number of ether oxygens (including phenoxy) is 1. The highest BCUT2D eigenvalue weighted by Crippen LogP contribution is 2.52. The Morgan fingerprint density at radius 2 is 1.53 bits per heavy atom. The fourth-order valence-corrected chi connectivity index (χ4v) is 7.28. The number of carbonyl (C=O) groups is 1. The number of benzene rings is 3. The van der Waals surface area contributed by atoms with Gasteiger partial charge >= 0.3 is 6.09 Å². The second kappa shape index (κ2) is 11.7. The first-order valence-electron chi connectivity index (χ1n) is 13.0. The average molecular weight is 524 g/mol. The molecule has 1 aliphatic heterocycles. The van der Waals surface area contributed by atoms with E-state index in [2.05, 4.69) is 103 Å². The lowest BCUT2D eigenvalue weighted by molar-refractivity contribution is 0.108. The van der Waals surface area contributed by atoms with Crippen LogP contribution in [0.4, 0.5) is 4.79 Å². The van der Waals surface area contributed by atoms with E-state index in [0.717, 1.165) is 18.5 Å². The molecule has 2 atom stereocenters. The van der Waals surface area contributed by atoms with Gasteiger partial charge < -0.3 is 9.64 Å². The van der Waals surface area contributed by atoms with Crippen LogP contribution in [0.25, 0.3) is 0 Å². The molecule has 1 aromatic heterocycles. The van der Waals surface area contributed by atoms with Crippen molar-refractivity contribution >= 4 is 17.9 Å². The molecule has 2 heterocycles. The first kappa shape index (κ1) is 25.9. The van der Waals surface area contributed by atoms with Crippen molar-refractivity contribution in [3.8, 4) is 0 Å². The van der Waals surface area contributed by atoms with E-state index in [-0.39, 0.29) is 24.0 Å². The monoisotopic (exact) mass is 523 g/mol. The van der Waals surface area contributed by atoms with E-state index in [1.54, 1.807) is 6.08 Å². The standard InChI is InChI=1S/C32H33N3O2S/c1-3-21-37-31(36)35-24-30(23-29(35)22-28-19-20-33-34(28)2)38-32(25-13-7-4-8-14-25,26-15-9-5-10-16-26)27-17-11-6-12-18-27/h3-20,29-30H,1,21-24H2,2H3. The molecule has 5 rings (SSSR count). The molecule has 0 aliphatic carbocycles. The maximum absolute atomic E-state index is 13.2. The van der Waals surface area contributed by atoms with Gasteiger partial charge in [-0.2, -0.15) is 5.10 Å². The molecule has 2 unspecified atom stereocenters. The predicted molar refractivity (Wildman–Crippen MR) is 154 cm³/mol. The summed E-state index contributed by atoms with van der Waals surface area (Å²) in [5, 5.41) is 4.52. The molecular formula is C32H33N3O2S. The van der Waals surface area contributed by atoms with Crippen molar-refractivity contribution in [2.24, 2.45) is 7.05 Å². The van der Waals surface area contributed by atoms with Crippen LogP contribution >= 0.6 is 11.8 Å². The van der Waals surface area contributed by atoms with Crippen LogP contribution in [-0.2, 0) is 23.0 Å². The molecule has 0 N–H and O–H groups in total. The number of hydrogen-bond donors (Lipinski definition) is 0. The zero-order chi connectivity index (χ0) is 26.4. The Kier molecular flexibility index (Phi) is 7.99. The smallest absolute Gasteiger partial charge is 0.410 e. The maximum atomic E-state index is 13.2. The highest BCUT2D eigenvalue weighted by molar-refractivity contribution is 8.01. The molecule has 3 aromatic carbocycles. The molecule has 0 spiro atoms. The average Bonchev–Trinajstić information content (AvgIpc) is 3.57. The quantitative estimate of drug-likeness (QED) is 0.187. The van der Waals surface area contributed by atoms with Gasteiger partial charge in [-0.3, -0.25) is 4.68 Å². The van der Waals surface area contributed by atoms with Gasteiger partial charge in [-0.05, 0) is 29.2 Å². The zero-order valence-electron chi connectivity index (χ0n) is 21.6. The second-order valence-electron chi connectivity index (χ2n) is 9.58. The molecule has 1 aliphatic rings. The fraction of sp³-hybridized carbons (Fsp3) is 0.250. The van der Waals surface area contributed by atoms with Crippen LogP contribution in [-0.4, -0.2) is 45.2 Å². The van der Waals surface area contributed by atoms with Gasteiger partial charge in [0.25, 0.3) is 0 Å². The molecule has 38 heavy (non-hydrogen) atoms. The molecule has 0 radical (unpaired) electrons. The summed E-state index contributed by atoms with van der Waals surface area (Å²) in [5.74, 6) is 0. The number of carbonyl (C=O) groups excluding carboxylic acids is 1. The highest BCUT2D eigenvalue weighted by atomic mass is 32.2. The topological polar surface area (TPSA) is 47.4 Å². The molecule has 5 nitrogen and oxygen atoms in total. The van der Waals surface area contributed by atoms with Crippen molar-refractivity contribution in [1.29, 1.82) is 0 Å². The molecule has 1 fully saturated rings. The van der Waals surface area contributed by atoms with Crippen molar-refractivity contribution in [3.63, 3.8) is 0 Å². The third-order valence-electron chi connectivity index (χ3n) is 7.19. The van der Waals surface area contributed by atoms with Crippen molar-refractivity contribution in [1.82, 2.24) is 14.7 Å². The summed E-state index contributed by atoms with van der Waals surface area (Å²) in [7, 11) is 1.95. The maximum Gasteiger partial charge on any atom is 0.410 e. The van der Waals surface area contributed by atoms with Gasteiger partial charge in [-0.25, -0.2) is 4.79 Å². The summed E-state index contributed by atoms with van der Waals surface area (Å²) in [4.78, 5) is 15.1. The second-order valence-corrected chi connectivity index (χ2v) is 11.1. The first-order valence-corrected chi connectivity index (χ1v) is 13.9. The van der Waals surface area contributed by atoms with E-state index in [1.165, 1.54) is 16.7 Å². The van der Waals surface area contributed by atoms with Gasteiger partial charge in [-0.15, -0.1) is 11.8 Å². The number of rotatable bonds is 9. The minimum Gasteiger partial charge on any atom is -0.445 e. The number of aromatic nitrogens is 2. The fourth-order valence-electron chi connectivity index (χ4n) is 5.41. The van der Waals surface area contributed by atoms with Crippen LogP contribution in [0.5, 0.6) is 0 Å². The van der Waals surface area contributed by atoms with Crippen molar-refractivity contribution < 1.29 is 9.53 Å². The van der Waals surface area contributed by atoms with Crippen molar-refractivity contribution in [2.45, 2.75) is 28.9 Å². The largest absolute Gasteiger partial charge is 0.445 e. The summed E-state index contributed by atoms with van der Waals surface area (Å²) < 4.78 is 6.97. The Morgan fingerprint density at radius 1 is 0.974 bits per heavy atom. The van der Waals surface area contributed by atoms with Crippen molar-refractivity contribution in [3.05, 3.63) is 138 Å². The summed E-state index contributed by atoms with van der Waals surface area (Å²) in [6.45, 7) is 4.51. The lowest BCUT2D eigenvalue weighted by Gasteiger charge is -2.37. The first-order chi connectivity index (χ1) is 18.6. The van der Waals surface area contributed by atoms with E-state index < -0.39 is 4.75 Å². The molecule has 0 saturated carbocycles. The van der Waals surface area contributed by atoms with Crippen LogP contribution in [0.15, 0.2) is 116 Å². The van der Waals surface area contributed by atoms with Gasteiger partial charge in [0.15, 0.2) is 0 Å². The Morgan fingerprint density at radius 3 is 2.00 bits per heavy atom. The SMILES string of the molecule is C=CCOC(=O)N1CC(SC(c2ccccc2)(c2ccccc2)c2ccccc2)CC1Cc1ccnn1C. The summed E-state index contributed by atoms with van der Waals surface area (Å²) in [6.07, 6.45) is 4.72. The lowest BCUT2D eigenvalue weighted by Crippen LogP contribution is -2.38. The van der Waals surface area contributed by atoms with E-state index in [1.807, 2.05) is 40.7 Å². The van der Waals surface area contributed by atoms with Gasteiger partial charge in [0.05, 0.1) is 4.75 Å². The van der Waals surface area contributed by atoms with Gasteiger partial charge in [0.2, 0.25) is 0 Å². The number of aryl methyl sites for hydroxylation is 1. The molecular weight excluding hydrogens is 490 g/mol. The van der Waals surface area contributed by atoms with Crippen LogP contribution < -0.4 is 0 Å². The summed E-state index contributed by atoms with van der Waals surface area (Å²) in [6, 6.07) is 34.1. The van der Waals surface area contributed by atoms with Gasteiger partial charge in [0, 0.05) is 43.2 Å². The van der Waals surface area contributed by atoms with Crippen LogP contribution in [0, 0.1) is 0 Å². The number of hydrogen-bond acceptors (Lipinski definition) is 4. The Hall–Kier alpha value is -3.77. The third kappa shape index (κ3) is 5.27. The van der Waals surface area contributed by atoms with Gasteiger partial charge in [-0.1, -0.05) is 104 Å². The lowest BCUT2D eigenvalue weighted by atomic mass is 9.84. The summed E-state index contributed by atoms with van der Waals surface area (Å²) in [5.41, 5.74) is 4.76. The molecule has 1 amide bonds. The van der Waals surface area contributed by atoms with Crippen LogP contribution in [0.3, 0.4) is 0 Å². The normalized spacial score (nSPS) is 17.3. The minimum absolute atomic E-state index is 0.0141. The Balaban J connectivity index is 1.55. The molecule has 6 heteroatoms. The van der Waals surface area contributed by atoms with E-state index in [9.17, 15) is 4.79 Å². The minimum atomic E-state index is -0.438. The van der Waals surface area contributed by atoms with Gasteiger partial charge in [0.1, 0.15) is 6.61 Å². The van der Waals surface area contributed by atoms with Crippen LogP contribution in [0.1, 0.15) is 28.8 Å². The highest BCUT2D eigenvalue weighted by Gasteiger charge is 2.44. The molecule has 1 saturated heterocycles. The Labute approximate surface area is 229 Å². The molecule has 0 bridgehead atoms. The van der Waals surface area contributed by atoms with E-state index in [4.69, 9.17) is 4.74 Å². The molecule has 194 valence electrons.